The van der Waals surface area contributed by atoms with Crippen LogP contribution in [0.25, 0.3) is 4.72 Å². The maximum Gasteiger partial charge on any atom is 0.0900 e. The van der Waals surface area contributed by atoms with Crippen LogP contribution in [-0.2, 0) is 15.8 Å². The predicted octanol–water partition coefficient (Wildman–Crippen LogP) is 0.374. The number of likely N-dealkylation sites (N-methyl/N-ethyl adjacent to an activating group) is 1. The highest BCUT2D eigenvalue weighted by Gasteiger charge is 2.15. The first-order valence-electron chi connectivity index (χ1n) is 7.13. The highest BCUT2D eigenvalue weighted by atomic mass is 35.5. The van der Waals surface area contributed by atoms with Crippen molar-refractivity contribution in [2.24, 2.45) is 0 Å². The van der Waals surface area contributed by atoms with Crippen molar-refractivity contribution in [3.63, 3.8) is 0 Å². The van der Waals surface area contributed by atoms with Gasteiger partial charge in [0.1, 0.15) is 0 Å². The van der Waals surface area contributed by atoms with Crippen LogP contribution in [0.1, 0.15) is 5.56 Å². The van der Waals surface area contributed by atoms with Gasteiger partial charge in [-0.2, -0.15) is 0 Å². The summed E-state index contributed by atoms with van der Waals surface area (Å²) in [5, 5.41) is 0.603. The summed E-state index contributed by atoms with van der Waals surface area (Å²) < 4.78 is 27.8. The summed E-state index contributed by atoms with van der Waals surface area (Å²) in [5.41, 5.74) is 0.718. The lowest BCUT2D eigenvalue weighted by Gasteiger charge is -2.31. The molecule has 0 aromatic heterocycles. The van der Waals surface area contributed by atoms with E-state index in [0.29, 0.717) is 11.6 Å². The van der Waals surface area contributed by atoms with E-state index in [-0.39, 0.29) is 5.75 Å². The minimum absolute atomic E-state index is 0.0533. The Morgan fingerprint density at radius 2 is 1.86 bits per heavy atom. The fourth-order valence-corrected chi connectivity index (χ4v) is 3.56. The highest BCUT2D eigenvalue weighted by Crippen LogP contribution is 2.14. The summed E-state index contributed by atoms with van der Waals surface area (Å²) >= 11 is 5.78. The molecule has 1 aliphatic heterocycles. The number of rotatable bonds is 6. The molecule has 0 atom stereocenters. The molecule has 1 heterocycles. The van der Waals surface area contributed by atoms with Crippen molar-refractivity contribution in [3.05, 3.63) is 39.6 Å². The van der Waals surface area contributed by atoms with E-state index in [4.69, 9.17) is 11.6 Å². The van der Waals surface area contributed by atoms with E-state index in [1.807, 2.05) is 0 Å². The maximum absolute atomic E-state index is 12.0. The molecule has 0 bridgehead atoms. The lowest BCUT2D eigenvalue weighted by Crippen LogP contribution is -3.15. The Morgan fingerprint density at radius 3 is 2.48 bits per heavy atom. The average molecular weight is 332 g/mol. The van der Waals surface area contributed by atoms with Gasteiger partial charge in [-0.15, -0.1) is 0 Å². The second-order valence-electron chi connectivity index (χ2n) is 5.51. The zero-order valence-electron chi connectivity index (χ0n) is 12.3. The molecule has 21 heavy (non-hydrogen) atoms. The molecule has 0 aliphatic carbocycles. The van der Waals surface area contributed by atoms with E-state index >= 15 is 0 Å². The number of nitrogens with zero attached hydrogens (tertiary/aromatic N) is 2. The van der Waals surface area contributed by atoms with Crippen molar-refractivity contribution >= 4 is 21.6 Å². The fourth-order valence-electron chi connectivity index (χ4n) is 2.36. The zero-order chi connectivity index (χ0) is 15.3. The van der Waals surface area contributed by atoms with E-state index in [2.05, 4.69) is 16.7 Å². The fraction of sp³-hybridized carbons (Fsp3) is 0.571. The van der Waals surface area contributed by atoms with Crippen LogP contribution in [0.4, 0.5) is 0 Å². The Morgan fingerprint density at radius 1 is 1.24 bits per heavy atom. The third kappa shape index (κ3) is 5.92. The molecule has 0 unspecified atom stereocenters. The van der Waals surface area contributed by atoms with Gasteiger partial charge >= 0.3 is 0 Å². The van der Waals surface area contributed by atoms with Gasteiger partial charge < -0.3 is 9.62 Å². The Labute approximate surface area is 131 Å². The lowest BCUT2D eigenvalue weighted by atomic mass is 10.2. The van der Waals surface area contributed by atoms with E-state index in [1.165, 1.54) is 4.90 Å². The normalized spacial score (nSPS) is 18.0. The van der Waals surface area contributed by atoms with Gasteiger partial charge in [0.15, 0.2) is 0 Å². The molecule has 1 aromatic rings. The maximum atomic E-state index is 12.0. The minimum atomic E-state index is -3.40. The van der Waals surface area contributed by atoms with E-state index in [9.17, 15) is 8.42 Å². The van der Waals surface area contributed by atoms with Crippen molar-refractivity contribution in [2.45, 2.75) is 5.75 Å². The number of hydrogen-bond donors (Lipinski definition) is 1. The van der Waals surface area contributed by atoms with Crippen LogP contribution < -0.4 is 4.90 Å². The number of quaternary nitrogens is 1. The smallest absolute Gasteiger partial charge is 0.0900 e. The van der Waals surface area contributed by atoms with Crippen LogP contribution in [0.2, 0.25) is 5.02 Å². The molecular formula is C14H22ClN3O2S. The lowest BCUT2D eigenvalue weighted by molar-refractivity contribution is -0.902. The second kappa shape index (κ2) is 7.56. The topological polar surface area (TPSA) is 55.9 Å². The van der Waals surface area contributed by atoms with Gasteiger partial charge in [-0.1, -0.05) is 30.3 Å². The molecule has 0 radical (unpaired) electrons. The average Bonchev–Trinajstić information content (AvgIpc) is 2.43. The minimum Gasteiger partial charge on any atom is -0.544 e. The summed E-state index contributed by atoms with van der Waals surface area (Å²) in [6, 6.07) is 6.84. The van der Waals surface area contributed by atoms with Crippen molar-refractivity contribution in [1.29, 1.82) is 0 Å². The van der Waals surface area contributed by atoms with Gasteiger partial charge in [0.25, 0.3) is 0 Å². The summed E-state index contributed by atoms with van der Waals surface area (Å²) in [6.45, 7) is 5.40. The molecule has 1 aliphatic rings. The van der Waals surface area contributed by atoms with Crippen molar-refractivity contribution in [1.82, 2.24) is 4.90 Å². The summed E-state index contributed by atoms with van der Waals surface area (Å²) in [5.74, 6) is -0.0533. The third-order valence-corrected chi connectivity index (χ3v) is 5.24. The van der Waals surface area contributed by atoms with Gasteiger partial charge in [-0.05, 0) is 24.7 Å². The molecule has 2 rings (SSSR count). The molecule has 7 heteroatoms. The summed E-state index contributed by atoms with van der Waals surface area (Å²) in [4.78, 5) is 3.72. The van der Waals surface area contributed by atoms with Gasteiger partial charge in [0.2, 0.25) is 0 Å². The van der Waals surface area contributed by atoms with Crippen LogP contribution in [0.15, 0.2) is 24.3 Å². The van der Waals surface area contributed by atoms with E-state index < -0.39 is 10.0 Å². The Bertz CT molecular complexity index is 540. The number of sulfonamides is 1. The molecule has 0 amide bonds. The summed E-state index contributed by atoms with van der Waals surface area (Å²) in [6.07, 6.45) is 0. The Kier molecular flexibility index (Phi) is 6.01. The van der Waals surface area contributed by atoms with Crippen LogP contribution >= 0.6 is 11.6 Å². The summed E-state index contributed by atoms with van der Waals surface area (Å²) in [7, 11) is -1.29. The molecule has 0 spiro atoms. The molecule has 0 saturated carbocycles. The van der Waals surface area contributed by atoms with Gasteiger partial charge in [0, 0.05) is 18.1 Å². The highest BCUT2D eigenvalue weighted by molar-refractivity contribution is 7.93. The molecular weight excluding hydrogens is 310 g/mol. The molecule has 1 saturated heterocycles. The van der Waals surface area contributed by atoms with Crippen LogP contribution in [0.3, 0.4) is 0 Å². The molecule has 1 fully saturated rings. The first kappa shape index (κ1) is 16.7. The first-order chi connectivity index (χ1) is 9.94. The quantitative estimate of drug-likeness (QED) is 0.819. The SMILES string of the molecule is CN1CC[NH+](CC[N-]S(=O)(=O)Cc2ccc(Cl)cc2)CC1. The number of piperazine rings is 1. The second-order valence-corrected chi connectivity index (χ2v) is 7.66. The predicted molar refractivity (Wildman–Crippen MR) is 85.4 cm³/mol. The van der Waals surface area contributed by atoms with E-state index in [0.717, 1.165) is 38.3 Å². The molecule has 1 aromatic carbocycles. The van der Waals surface area contributed by atoms with Gasteiger partial charge in [-0.25, -0.2) is 8.42 Å². The van der Waals surface area contributed by atoms with Gasteiger partial charge in [0.05, 0.1) is 35.4 Å². The number of hydrogen-bond acceptors (Lipinski definition) is 3. The zero-order valence-corrected chi connectivity index (χ0v) is 13.8. The third-order valence-electron chi connectivity index (χ3n) is 3.71. The van der Waals surface area contributed by atoms with Crippen molar-refractivity contribution < 1.29 is 13.3 Å². The standard InChI is InChI=1S/C14H21ClN3O2S/c1-17-8-10-18(11-9-17)7-6-16-21(19,20)12-13-2-4-14(15)5-3-13/h2-5H,6-12H2,1H3/q-1/p+1. The van der Waals surface area contributed by atoms with Gasteiger partial charge in [-0.3, -0.25) is 4.90 Å². The Balaban J connectivity index is 1.75. The molecule has 118 valence electrons. The van der Waals surface area contributed by atoms with Crippen LogP contribution in [-0.4, -0.2) is 59.6 Å². The first-order valence-corrected chi connectivity index (χ1v) is 9.11. The van der Waals surface area contributed by atoms with E-state index in [1.54, 1.807) is 24.3 Å². The number of nitrogens with one attached hydrogen (secondary N) is 1. The Hall–Kier alpha value is -0.660. The molecule has 1 N–H and O–H groups in total. The van der Waals surface area contributed by atoms with Crippen molar-refractivity contribution in [2.75, 3.05) is 46.3 Å². The molecule has 5 nitrogen and oxygen atoms in total. The van der Waals surface area contributed by atoms with Crippen LogP contribution in [0, 0.1) is 0 Å². The number of halogens is 1. The number of benzene rings is 1. The van der Waals surface area contributed by atoms with Crippen LogP contribution in [0.5, 0.6) is 0 Å². The van der Waals surface area contributed by atoms with Crippen molar-refractivity contribution in [3.8, 4) is 0 Å². The largest absolute Gasteiger partial charge is 0.544 e. The monoisotopic (exact) mass is 331 g/mol.